The maximum atomic E-state index is 11.4. The molecule has 17 heavy (non-hydrogen) atoms. The molecule has 0 aliphatic carbocycles. The van der Waals surface area contributed by atoms with Crippen molar-refractivity contribution in [2.45, 2.75) is 13.0 Å². The molecule has 0 aromatic rings. The summed E-state index contributed by atoms with van der Waals surface area (Å²) in [6, 6.07) is -1.01. The van der Waals surface area contributed by atoms with Gasteiger partial charge in [0.2, 0.25) is 11.8 Å². The average Bonchev–Trinajstić information content (AvgIpc) is 2.15. The highest BCUT2D eigenvalue weighted by Gasteiger charge is 2.21. The second-order valence-corrected chi connectivity index (χ2v) is 4.08. The van der Waals surface area contributed by atoms with Gasteiger partial charge in [0.1, 0.15) is 6.04 Å². The van der Waals surface area contributed by atoms with E-state index in [0.717, 1.165) is 0 Å². The molecule has 0 aliphatic rings. The summed E-state index contributed by atoms with van der Waals surface area (Å²) in [6.45, 7) is 1.44. The highest BCUT2D eigenvalue weighted by molar-refractivity contribution is 5.82. The Labute approximate surface area is 100 Å². The Hall–Kier alpha value is -1.63. The molecular weight excluding hydrogens is 226 g/mol. The van der Waals surface area contributed by atoms with Crippen LogP contribution in [-0.2, 0) is 14.4 Å². The molecule has 0 bridgehead atoms. The quantitative estimate of drug-likeness (QED) is 0.600. The van der Waals surface area contributed by atoms with Crippen LogP contribution < -0.4 is 5.32 Å². The van der Waals surface area contributed by atoms with E-state index in [1.165, 1.54) is 11.8 Å². The first-order chi connectivity index (χ1) is 7.73. The summed E-state index contributed by atoms with van der Waals surface area (Å²) in [5.74, 6) is -1.66. The summed E-state index contributed by atoms with van der Waals surface area (Å²) in [5, 5.41) is 11.2. The Morgan fingerprint density at radius 2 is 1.76 bits per heavy atom. The van der Waals surface area contributed by atoms with Gasteiger partial charge < -0.3 is 15.3 Å². The van der Waals surface area contributed by atoms with Gasteiger partial charge in [-0.1, -0.05) is 0 Å². The van der Waals surface area contributed by atoms with Gasteiger partial charge in [-0.2, -0.15) is 0 Å². The third-order valence-electron chi connectivity index (χ3n) is 2.07. The van der Waals surface area contributed by atoms with Gasteiger partial charge in [0, 0.05) is 27.6 Å². The van der Waals surface area contributed by atoms with Gasteiger partial charge in [0.25, 0.3) is 0 Å². The molecule has 0 heterocycles. The molecule has 0 aliphatic heterocycles. The van der Waals surface area contributed by atoms with E-state index >= 15 is 0 Å². The first-order valence-electron chi connectivity index (χ1n) is 5.12. The van der Waals surface area contributed by atoms with E-state index in [4.69, 9.17) is 5.11 Å². The molecule has 0 spiro atoms. The zero-order valence-electron chi connectivity index (χ0n) is 10.6. The summed E-state index contributed by atoms with van der Waals surface area (Å²) in [5.41, 5.74) is 0. The lowest BCUT2D eigenvalue weighted by molar-refractivity contribution is -0.142. The number of carboxylic acids is 1. The summed E-state index contributed by atoms with van der Waals surface area (Å²) < 4.78 is 0. The fourth-order valence-electron chi connectivity index (χ4n) is 1.18. The fourth-order valence-corrected chi connectivity index (χ4v) is 1.18. The Morgan fingerprint density at radius 1 is 1.24 bits per heavy atom. The number of carboxylic acid groups (broad SMARTS) is 1. The third kappa shape index (κ3) is 6.52. The maximum absolute atomic E-state index is 11.4. The van der Waals surface area contributed by atoms with Crippen LogP contribution in [0.2, 0.25) is 0 Å². The van der Waals surface area contributed by atoms with Crippen molar-refractivity contribution in [1.82, 2.24) is 15.1 Å². The molecule has 7 nitrogen and oxygen atoms in total. The van der Waals surface area contributed by atoms with Crippen molar-refractivity contribution in [2.75, 3.05) is 34.2 Å². The van der Waals surface area contributed by atoms with Gasteiger partial charge in [0.05, 0.1) is 6.54 Å². The maximum Gasteiger partial charge on any atom is 0.327 e. The van der Waals surface area contributed by atoms with Gasteiger partial charge in [-0.3, -0.25) is 14.5 Å². The number of hydrogen-bond donors (Lipinski definition) is 2. The minimum absolute atomic E-state index is 0.0779. The SMILES string of the molecule is CC(=O)NC(CN(C)CC(=O)N(C)C)C(=O)O. The predicted molar refractivity (Wildman–Crippen MR) is 61.4 cm³/mol. The van der Waals surface area contributed by atoms with Crippen molar-refractivity contribution in [1.29, 1.82) is 0 Å². The molecule has 1 atom stereocenters. The van der Waals surface area contributed by atoms with Crippen molar-refractivity contribution in [3.05, 3.63) is 0 Å². The van der Waals surface area contributed by atoms with Gasteiger partial charge in [-0.25, -0.2) is 4.79 Å². The highest BCUT2D eigenvalue weighted by atomic mass is 16.4. The summed E-state index contributed by atoms with van der Waals surface area (Å²) >= 11 is 0. The second-order valence-electron chi connectivity index (χ2n) is 4.08. The largest absolute Gasteiger partial charge is 0.480 e. The molecule has 0 aromatic heterocycles. The molecule has 2 amide bonds. The number of carbonyl (C=O) groups is 3. The van der Waals surface area contributed by atoms with E-state index in [0.29, 0.717) is 0 Å². The number of likely N-dealkylation sites (N-methyl/N-ethyl adjacent to an activating group) is 2. The van der Waals surface area contributed by atoms with Crippen LogP contribution in [0.5, 0.6) is 0 Å². The molecular formula is C10H19N3O4. The number of aliphatic carboxylic acids is 1. The van der Waals surface area contributed by atoms with Crippen LogP contribution in [-0.4, -0.2) is 73.0 Å². The van der Waals surface area contributed by atoms with Crippen LogP contribution in [0.25, 0.3) is 0 Å². The van der Waals surface area contributed by atoms with Gasteiger partial charge in [0.15, 0.2) is 0 Å². The molecule has 0 saturated heterocycles. The third-order valence-corrected chi connectivity index (χ3v) is 2.07. The zero-order chi connectivity index (χ0) is 13.6. The predicted octanol–water partition coefficient (Wildman–Crippen LogP) is -1.40. The lowest BCUT2D eigenvalue weighted by Gasteiger charge is -2.22. The van der Waals surface area contributed by atoms with Gasteiger partial charge in [-0.05, 0) is 7.05 Å². The van der Waals surface area contributed by atoms with E-state index < -0.39 is 17.9 Å². The van der Waals surface area contributed by atoms with Crippen molar-refractivity contribution < 1.29 is 19.5 Å². The van der Waals surface area contributed by atoms with Gasteiger partial charge >= 0.3 is 5.97 Å². The van der Waals surface area contributed by atoms with Crippen LogP contribution in [0.4, 0.5) is 0 Å². The van der Waals surface area contributed by atoms with Crippen LogP contribution in [0, 0.1) is 0 Å². The van der Waals surface area contributed by atoms with E-state index in [-0.39, 0.29) is 19.0 Å². The molecule has 7 heteroatoms. The van der Waals surface area contributed by atoms with Crippen molar-refractivity contribution in [3.8, 4) is 0 Å². The van der Waals surface area contributed by atoms with Crippen LogP contribution >= 0.6 is 0 Å². The van der Waals surface area contributed by atoms with Crippen molar-refractivity contribution in [3.63, 3.8) is 0 Å². The van der Waals surface area contributed by atoms with Crippen molar-refractivity contribution >= 4 is 17.8 Å². The second kappa shape index (κ2) is 6.85. The Bertz CT molecular complexity index is 304. The normalized spacial score (nSPS) is 12.1. The summed E-state index contributed by atoms with van der Waals surface area (Å²) in [6.07, 6.45) is 0. The smallest absolute Gasteiger partial charge is 0.327 e. The highest BCUT2D eigenvalue weighted by Crippen LogP contribution is 1.92. The summed E-state index contributed by atoms with van der Waals surface area (Å²) in [7, 11) is 4.87. The number of hydrogen-bond acceptors (Lipinski definition) is 4. The molecule has 98 valence electrons. The number of nitrogens with zero attached hydrogens (tertiary/aromatic N) is 2. The number of nitrogens with one attached hydrogen (secondary N) is 1. The monoisotopic (exact) mass is 245 g/mol. The first kappa shape index (κ1) is 15.4. The molecule has 1 unspecified atom stereocenters. The van der Waals surface area contributed by atoms with Crippen molar-refractivity contribution in [2.24, 2.45) is 0 Å². The van der Waals surface area contributed by atoms with Crippen LogP contribution in [0.3, 0.4) is 0 Å². The topological polar surface area (TPSA) is 90.0 Å². The average molecular weight is 245 g/mol. The minimum Gasteiger partial charge on any atom is -0.480 e. The van der Waals surface area contributed by atoms with Gasteiger partial charge in [-0.15, -0.1) is 0 Å². The van der Waals surface area contributed by atoms with E-state index in [1.54, 1.807) is 26.0 Å². The number of rotatable bonds is 6. The van der Waals surface area contributed by atoms with E-state index in [9.17, 15) is 14.4 Å². The minimum atomic E-state index is -1.12. The Balaban J connectivity index is 4.31. The standard InChI is InChI=1S/C10H19N3O4/c1-7(14)11-8(10(16)17)5-13(4)6-9(15)12(2)3/h8H,5-6H2,1-4H3,(H,11,14)(H,16,17). The number of amides is 2. The Morgan fingerprint density at radius 3 is 2.12 bits per heavy atom. The van der Waals surface area contributed by atoms with E-state index in [2.05, 4.69) is 5.32 Å². The molecule has 0 saturated carbocycles. The van der Waals surface area contributed by atoms with Crippen LogP contribution in [0.1, 0.15) is 6.92 Å². The molecule has 2 N–H and O–H groups in total. The lowest BCUT2D eigenvalue weighted by Crippen LogP contribution is -2.48. The van der Waals surface area contributed by atoms with E-state index in [1.807, 2.05) is 0 Å². The molecule has 0 radical (unpaired) electrons. The number of carbonyl (C=O) groups excluding carboxylic acids is 2. The van der Waals surface area contributed by atoms with Crippen LogP contribution in [0.15, 0.2) is 0 Å². The molecule has 0 fully saturated rings. The molecule has 0 rings (SSSR count). The Kier molecular flexibility index (Phi) is 6.19. The molecule has 0 aromatic carbocycles. The first-order valence-corrected chi connectivity index (χ1v) is 5.12. The fraction of sp³-hybridized carbons (Fsp3) is 0.700. The zero-order valence-corrected chi connectivity index (χ0v) is 10.6. The summed E-state index contributed by atoms with van der Waals surface area (Å²) in [4.78, 5) is 36.0. The lowest BCUT2D eigenvalue weighted by atomic mass is 10.2.